The van der Waals surface area contributed by atoms with Gasteiger partial charge < -0.3 is 9.15 Å². The molecule has 118 valence electrons. The standard InChI is InChI=1S/C19H14N2O3/c22-18-8-9-23-19-10-16(6-7-17(18)19)24-13-14-11-20-21(12-14)15-4-2-1-3-5-15/h1-12H,13H2. The highest BCUT2D eigenvalue weighted by molar-refractivity contribution is 5.77. The van der Waals surface area contributed by atoms with Crippen LogP contribution >= 0.6 is 0 Å². The average Bonchev–Trinajstić information content (AvgIpc) is 3.10. The molecule has 2 aromatic carbocycles. The van der Waals surface area contributed by atoms with Gasteiger partial charge in [-0.3, -0.25) is 4.79 Å². The summed E-state index contributed by atoms with van der Waals surface area (Å²) in [5.74, 6) is 0.643. The maximum Gasteiger partial charge on any atom is 0.192 e. The molecule has 0 amide bonds. The van der Waals surface area contributed by atoms with E-state index < -0.39 is 0 Å². The van der Waals surface area contributed by atoms with Crippen LogP contribution in [0.25, 0.3) is 16.7 Å². The first-order chi connectivity index (χ1) is 11.8. The van der Waals surface area contributed by atoms with E-state index in [4.69, 9.17) is 9.15 Å². The van der Waals surface area contributed by atoms with Gasteiger partial charge in [0.1, 0.15) is 17.9 Å². The molecule has 5 nitrogen and oxygen atoms in total. The minimum atomic E-state index is -0.0630. The molecule has 0 spiro atoms. The van der Waals surface area contributed by atoms with Gasteiger partial charge in [-0.25, -0.2) is 4.68 Å². The van der Waals surface area contributed by atoms with E-state index in [1.54, 1.807) is 29.1 Å². The van der Waals surface area contributed by atoms with Crippen LogP contribution in [0.15, 0.2) is 82.5 Å². The van der Waals surface area contributed by atoms with Crippen molar-refractivity contribution in [1.29, 1.82) is 0 Å². The SMILES string of the molecule is O=c1ccoc2cc(OCc3cnn(-c4ccccc4)c3)ccc12. The van der Waals surface area contributed by atoms with Crippen molar-refractivity contribution in [2.75, 3.05) is 0 Å². The first kappa shape index (κ1) is 14.3. The van der Waals surface area contributed by atoms with Gasteiger partial charge in [0, 0.05) is 23.9 Å². The minimum absolute atomic E-state index is 0.0630. The fraction of sp³-hybridized carbons (Fsp3) is 0.0526. The van der Waals surface area contributed by atoms with Crippen molar-refractivity contribution < 1.29 is 9.15 Å². The summed E-state index contributed by atoms with van der Waals surface area (Å²) in [5.41, 5.74) is 2.40. The van der Waals surface area contributed by atoms with E-state index >= 15 is 0 Å². The zero-order chi connectivity index (χ0) is 16.4. The molecule has 0 N–H and O–H groups in total. The number of nitrogens with zero attached hydrogens (tertiary/aromatic N) is 2. The van der Waals surface area contributed by atoms with E-state index in [9.17, 15) is 4.79 Å². The third-order valence-electron chi connectivity index (χ3n) is 3.70. The van der Waals surface area contributed by atoms with E-state index in [2.05, 4.69) is 5.10 Å². The quantitative estimate of drug-likeness (QED) is 0.577. The maximum atomic E-state index is 11.7. The topological polar surface area (TPSA) is 57.3 Å². The van der Waals surface area contributed by atoms with Crippen LogP contribution in [0.3, 0.4) is 0 Å². The van der Waals surface area contributed by atoms with Crippen LogP contribution in [-0.4, -0.2) is 9.78 Å². The lowest BCUT2D eigenvalue weighted by Crippen LogP contribution is -1.99. The van der Waals surface area contributed by atoms with Crippen LogP contribution in [0.1, 0.15) is 5.56 Å². The van der Waals surface area contributed by atoms with Crippen molar-refractivity contribution in [3.05, 3.63) is 89.0 Å². The first-order valence-corrected chi connectivity index (χ1v) is 7.53. The predicted octanol–water partition coefficient (Wildman–Crippen LogP) is 3.56. The molecule has 0 saturated carbocycles. The van der Waals surface area contributed by atoms with Gasteiger partial charge in [-0.15, -0.1) is 0 Å². The lowest BCUT2D eigenvalue weighted by molar-refractivity contribution is 0.306. The molecule has 24 heavy (non-hydrogen) atoms. The Balaban J connectivity index is 1.51. The van der Waals surface area contributed by atoms with Crippen LogP contribution < -0.4 is 10.2 Å². The van der Waals surface area contributed by atoms with E-state index in [0.717, 1.165) is 11.3 Å². The highest BCUT2D eigenvalue weighted by Gasteiger charge is 2.05. The Morgan fingerprint density at radius 1 is 1.08 bits per heavy atom. The van der Waals surface area contributed by atoms with Crippen LogP contribution in [0.2, 0.25) is 0 Å². The van der Waals surface area contributed by atoms with E-state index in [1.807, 2.05) is 36.5 Å². The smallest absolute Gasteiger partial charge is 0.192 e. The molecule has 0 fully saturated rings. The molecule has 2 heterocycles. The summed E-state index contributed by atoms with van der Waals surface area (Å²) >= 11 is 0. The molecule has 4 aromatic rings. The van der Waals surface area contributed by atoms with Gasteiger partial charge >= 0.3 is 0 Å². The Kier molecular flexibility index (Phi) is 3.59. The zero-order valence-electron chi connectivity index (χ0n) is 12.8. The Hall–Kier alpha value is -3.34. The molecule has 5 heteroatoms. The van der Waals surface area contributed by atoms with Gasteiger partial charge in [0.15, 0.2) is 5.43 Å². The Bertz CT molecular complexity index is 1040. The Morgan fingerprint density at radius 3 is 2.83 bits per heavy atom. The van der Waals surface area contributed by atoms with Gasteiger partial charge in [0.25, 0.3) is 0 Å². The number of benzene rings is 2. The second kappa shape index (κ2) is 6.04. The summed E-state index contributed by atoms with van der Waals surface area (Å²) in [6.07, 6.45) is 5.09. The highest BCUT2D eigenvalue weighted by atomic mass is 16.5. The summed E-state index contributed by atoms with van der Waals surface area (Å²) in [5, 5.41) is 4.88. The number of hydrogen-bond donors (Lipinski definition) is 0. The molecule has 0 atom stereocenters. The zero-order valence-corrected chi connectivity index (χ0v) is 12.8. The molecular weight excluding hydrogens is 304 g/mol. The molecule has 0 saturated heterocycles. The fourth-order valence-corrected chi connectivity index (χ4v) is 2.48. The second-order valence-corrected chi connectivity index (χ2v) is 5.36. The van der Waals surface area contributed by atoms with Gasteiger partial charge in [0.2, 0.25) is 0 Å². The predicted molar refractivity (Wildman–Crippen MR) is 90.4 cm³/mol. The number of fused-ring (bicyclic) bond motifs is 1. The molecule has 0 aliphatic carbocycles. The first-order valence-electron chi connectivity index (χ1n) is 7.53. The summed E-state index contributed by atoms with van der Waals surface area (Å²) < 4.78 is 12.9. The van der Waals surface area contributed by atoms with Crippen LogP contribution in [0.5, 0.6) is 5.75 Å². The maximum absolute atomic E-state index is 11.7. The molecule has 2 aromatic heterocycles. The van der Waals surface area contributed by atoms with Gasteiger partial charge in [-0.1, -0.05) is 18.2 Å². The lowest BCUT2D eigenvalue weighted by atomic mass is 10.2. The van der Waals surface area contributed by atoms with Crippen LogP contribution in [-0.2, 0) is 6.61 Å². The van der Waals surface area contributed by atoms with Crippen LogP contribution in [0.4, 0.5) is 0 Å². The van der Waals surface area contributed by atoms with Gasteiger partial charge in [-0.05, 0) is 24.3 Å². The Labute approximate surface area is 137 Å². The van der Waals surface area contributed by atoms with Crippen molar-refractivity contribution in [3.8, 4) is 11.4 Å². The molecule has 0 aliphatic heterocycles. The number of hydrogen-bond acceptors (Lipinski definition) is 4. The van der Waals surface area contributed by atoms with Gasteiger partial charge in [0.05, 0.1) is 23.5 Å². The van der Waals surface area contributed by atoms with Crippen molar-refractivity contribution in [1.82, 2.24) is 9.78 Å². The van der Waals surface area contributed by atoms with Crippen molar-refractivity contribution >= 4 is 11.0 Å². The summed E-state index contributed by atoms with van der Waals surface area (Å²) in [6, 6.07) is 16.5. The van der Waals surface area contributed by atoms with E-state index in [1.165, 1.54) is 12.3 Å². The molecule has 0 bridgehead atoms. The fourth-order valence-electron chi connectivity index (χ4n) is 2.48. The number of para-hydroxylation sites is 1. The molecule has 4 rings (SSSR count). The van der Waals surface area contributed by atoms with Crippen molar-refractivity contribution in [2.45, 2.75) is 6.61 Å². The normalized spacial score (nSPS) is 10.8. The summed E-state index contributed by atoms with van der Waals surface area (Å²) in [6.45, 7) is 0.384. The average molecular weight is 318 g/mol. The second-order valence-electron chi connectivity index (χ2n) is 5.36. The van der Waals surface area contributed by atoms with E-state index in [0.29, 0.717) is 23.3 Å². The third kappa shape index (κ3) is 2.79. The molecule has 0 aliphatic rings. The summed E-state index contributed by atoms with van der Waals surface area (Å²) in [7, 11) is 0. The van der Waals surface area contributed by atoms with Crippen molar-refractivity contribution in [2.24, 2.45) is 0 Å². The number of rotatable bonds is 4. The van der Waals surface area contributed by atoms with Crippen LogP contribution in [0, 0.1) is 0 Å². The van der Waals surface area contributed by atoms with Crippen molar-refractivity contribution in [3.63, 3.8) is 0 Å². The molecular formula is C19H14N2O3. The van der Waals surface area contributed by atoms with E-state index in [-0.39, 0.29) is 5.43 Å². The molecule has 0 radical (unpaired) electrons. The Morgan fingerprint density at radius 2 is 1.96 bits per heavy atom. The molecule has 0 unspecified atom stereocenters. The van der Waals surface area contributed by atoms with Gasteiger partial charge in [-0.2, -0.15) is 5.10 Å². The third-order valence-corrected chi connectivity index (χ3v) is 3.70. The monoisotopic (exact) mass is 318 g/mol. The lowest BCUT2D eigenvalue weighted by Gasteiger charge is -2.05. The number of aromatic nitrogens is 2. The largest absolute Gasteiger partial charge is 0.489 e. The minimum Gasteiger partial charge on any atom is -0.489 e. The highest BCUT2D eigenvalue weighted by Crippen LogP contribution is 2.19. The number of ether oxygens (including phenoxy) is 1. The summed E-state index contributed by atoms with van der Waals surface area (Å²) in [4.78, 5) is 11.7.